The number of fused-ring (bicyclic) bond motifs is 2. The van der Waals surface area contributed by atoms with Crippen molar-refractivity contribution in [2.75, 3.05) is 20.3 Å². The Morgan fingerprint density at radius 3 is 2.32 bits per heavy atom. The van der Waals surface area contributed by atoms with Crippen molar-refractivity contribution in [1.29, 1.82) is 0 Å². The molecule has 0 aliphatic carbocycles. The summed E-state index contributed by atoms with van der Waals surface area (Å²) < 4.78 is 28.7. The van der Waals surface area contributed by atoms with Crippen LogP contribution in [-0.4, -0.2) is 58.7 Å². The Morgan fingerprint density at radius 1 is 0.865 bits per heavy atom. The number of phenolic OH excluding ortho intramolecular Hbond substituents is 2. The zero-order valence-electron chi connectivity index (χ0n) is 20.1. The second-order valence-corrected chi connectivity index (χ2v) is 8.61. The first-order valence-corrected chi connectivity index (χ1v) is 11.7. The number of aromatic hydroxyl groups is 2. The van der Waals surface area contributed by atoms with E-state index >= 15 is 0 Å². The van der Waals surface area contributed by atoms with Gasteiger partial charge in [0.05, 0.1) is 20.3 Å². The summed E-state index contributed by atoms with van der Waals surface area (Å²) in [6.45, 7) is 1.80. The quantitative estimate of drug-likeness (QED) is 0.391. The average molecular weight is 510 g/mol. The van der Waals surface area contributed by atoms with Crippen LogP contribution < -0.4 is 23.7 Å². The number of aliphatic hydroxyl groups excluding tert-OH is 2. The van der Waals surface area contributed by atoms with Crippen molar-refractivity contribution in [3.8, 4) is 40.2 Å². The van der Waals surface area contributed by atoms with E-state index in [1.54, 1.807) is 37.3 Å². The van der Waals surface area contributed by atoms with E-state index in [-0.39, 0.29) is 35.2 Å². The third kappa shape index (κ3) is 4.34. The van der Waals surface area contributed by atoms with E-state index in [0.29, 0.717) is 35.0 Å². The number of rotatable bonds is 6. The van der Waals surface area contributed by atoms with E-state index in [0.717, 1.165) is 0 Å². The molecule has 0 bridgehead atoms. The molecule has 10 nitrogen and oxygen atoms in total. The van der Waals surface area contributed by atoms with Crippen molar-refractivity contribution < 1.29 is 48.9 Å². The topological polar surface area (TPSA) is 144 Å². The molecule has 4 N–H and O–H groups in total. The van der Waals surface area contributed by atoms with Crippen molar-refractivity contribution in [3.05, 3.63) is 65.2 Å². The van der Waals surface area contributed by atoms with Crippen LogP contribution in [0, 0.1) is 0 Å². The lowest BCUT2D eigenvalue weighted by atomic mass is 9.92. The van der Waals surface area contributed by atoms with Gasteiger partial charge < -0.3 is 44.1 Å². The summed E-state index contributed by atoms with van der Waals surface area (Å²) in [6, 6.07) is 12.3. The molecule has 0 amide bonds. The minimum absolute atomic E-state index is 0.0434. The van der Waals surface area contributed by atoms with Gasteiger partial charge in [-0.3, -0.25) is 4.79 Å². The van der Waals surface area contributed by atoms with Crippen LogP contribution >= 0.6 is 0 Å². The minimum atomic E-state index is -1.58. The highest BCUT2D eigenvalue weighted by molar-refractivity contribution is 6.05. The van der Waals surface area contributed by atoms with Crippen LogP contribution in [0.15, 0.2) is 48.5 Å². The fourth-order valence-corrected chi connectivity index (χ4v) is 4.52. The molecule has 0 spiro atoms. The fourth-order valence-electron chi connectivity index (χ4n) is 4.52. The number of carbonyl (C=O) groups is 1. The third-order valence-corrected chi connectivity index (χ3v) is 6.30. The van der Waals surface area contributed by atoms with Crippen LogP contribution in [0.1, 0.15) is 40.6 Å². The number of ketones is 1. The molecule has 10 heteroatoms. The van der Waals surface area contributed by atoms with E-state index in [4.69, 9.17) is 23.7 Å². The van der Waals surface area contributed by atoms with E-state index < -0.39 is 30.2 Å². The van der Waals surface area contributed by atoms with Crippen LogP contribution in [-0.2, 0) is 0 Å². The number of hydrogen-bond acceptors (Lipinski definition) is 10. The zero-order valence-corrected chi connectivity index (χ0v) is 20.1. The first-order chi connectivity index (χ1) is 17.8. The lowest BCUT2D eigenvalue weighted by Gasteiger charge is -2.35. The molecule has 3 aromatic rings. The van der Waals surface area contributed by atoms with Crippen LogP contribution in [0.5, 0.6) is 40.2 Å². The van der Waals surface area contributed by atoms with E-state index in [2.05, 4.69) is 0 Å². The van der Waals surface area contributed by atoms with Gasteiger partial charge in [0.25, 0.3) is 0 Å². The summed E-state index contributed by atoms with van der Waals surface area (Å²) in [6.07, 6.45) is -4.15. The Balaban J connectivity index is 1.48. The van der Waals surface area contributed by atoms with Gasteiger partial charge >= 0.3 is 0 Å². The highest BCUT2D eigenvalue weighted by Crippen LogP contribution is 2.46. The summed E-state index contributed by atoms with van der Waals surface area (Å²) in [5.74, 6) is 0.251. The predicted molar refractivity (Wildman–Crippen MR) is 129 cm³/mol. The summed E-state index contributed by atoms with van der Waals surface area (Å²) >= 11 is 0. The van der Waals surface area contributed by atoms with E-state index in [1.807, 2.05) is 0 Å². The van der Waals surface area contributed by atoms with Crippen LogP contribution in [0.3, 0.4) is 0 Å². The molecule has 2 unspecified atom stereocenters. The van der Waals surface area contributed by atoms with Crippen molar-refractivity contribution in [1.82, 2.24) is 0 Å². The fraction of sp³-hybridized carbons (Fsp3) is 0.296. The smallest absolute Gasteiger partial charge is 0.202 e. The first-order valence-electron chi connectivity index (χ1n) is 11.7. The molecule has 2 heterocycles. The van der Waals surface area contributed by atoms with Gasteiger partial charge in [0.1, 0.15) is 22.8 Å². The number of hydrogen-bond donors (Lipinski definition) is 4. The van der Waals surface area contributed by atoms with E-state index in [9.17, 15) is 25.2 Å². The maximum Gasteiger partial charge on any atom is 0.202 e. The maximum atomic E-state index is 12.9. The summed E-state index contributed by atoms with van der Waals surface area (Å²) in [5.41, 5.74) is 0.915. The van der Waals surface area contributed by atoms with Crippen LogP contribution in [0.4, 0.5) is 0 Å². The average Bonchev–Trinajstić information content (AvgIpc) is 2.89. The monoisotopic (exact) mass is 510 g/mol. The van der Waals surface area contributed by atoms with Gasteiger partial charge in [0, 0.05) is 17.7 Å². The summed E-state index contributed by atoms with van der Waals surface area (Å²) in [5, 5.41) is 41.0. The number of Topliss-reactive ketones (excluding diaryl/α,β-unsaturated/α-hetero) is 1. The SMILES string of the molecule is CCOc1cc(O)c2c(c1)O[C@H](c1ccc3c(c1)OC(c1ccc(O)c(OC)c1)C(CO)O3)[C@@H](O)C2=O. The molecule has 2 aliphatic heterocycles. The molecule has 0 saturated heterocycles. The Kier molecular flexibility index (Phi) is 6.45. The number of benzene rings is 3. The number of carbonyl (C=O) groups excluding carboxylic acids is 1. The van der Waals surface area contributed by atoms with Crippen molar-refractivity contribution in [2.45, 2.75) is 31.3 Å². The number of ether oxygens (including phenoxy) is 5. The molecule has 194 valence electrons. The first kappa shape index (κ1) is 24.5. The minimum Gasteiger partial charge on any atom is -0.507 e. The highest BCUT2D eigenvalue weighted by Gasteiger charge is 2.40. The molecule has 0 radical (unpaired) electrons. The highest BCUT2D eigenvalue weighted by atomic mass is 16.6. The van der Waals surface area contributed by atoms with Crippen molar-refractivity contribution in [3.63, 3.8) is 0 Å². The molecule has 3 aromatic carbocycles. The molecular formula is C27H26O10. The largest absolute Gasteiger partial charge is 0.507 e. The molecule has 0 saturated carbocycles. The Hall–Kier alpha value is -4.15. The van der Waals surface area contributed by atoms with Crippen molar-refractivity contribution >= 4 is 5.78 Å². The van der Waals surface area contributed by atoms with Gasteiger partial charge in [-0.1, -0.05) is 12.1 Å². The number of aliphatic hydroxyl groups is 2. The lowest BCUT2D eigenvalue weighted by Crippen LogP contribution is -2.37. The van der Waals surface area contributed by atoms with Gasteiger partial charge in [-0.15, -0.1) is 0 Å². The van der Waals surface area contributed by atoms with Gasteiger partial charge in [0.2, 0.25) is 5.78 Å². The van der Waals surface area contributed by atoms with Gasteiger partial charge in [-0.05, 0) is 36.8 Å². The Bertz CT molecular complexity index is 1340. The number of methoxy groups -OCH3 is 1. The molecule has 5 rings (SSSR count). The maximum absolute atomic E-state index is 12.9. The van der Waals surface area contributed by atoms with Gasteiger partial charge in [0.15, 0.2) is 47.4 Å². The van der Waals surface area contributed by atoms with Crippen molar-refractivity contribution in [2.24, 2.45) is 0 Å². The lowest BCUT2D eigenvalue weighted by molar-refractivity contribution is -0.0130. The Labute approximate surface area is 212 Å². The van der Waals surface area contributed by atoms with Crippen LogP contribution in [0.2, 0.25) is 0 Å². The van der Waals surface area contributed by atoms with Crippen LogP contribution in [0.25, 0.3) is 0 Å². The predicted octanol–water partition coefficient (Wildman–Crippen LogP) is 3.06. The molecule has 2 aliphatic rings. The molecule has 0 fully saturated rings. The van der Waals surface area contributed by atoms with Gasteiger partial charge in [-0.2, -0.15) is 0 Å². The second-order valence-electron chi connectivity index (χ2n) is 8.61. The summed E-state index contributed by atoms with van der Waals surface area (Å²) in [4.78, 5) is 12.9. The number of phenols is 2. The summed E-state index contributed by atoms with van der Waals surface area (Å²) in [7, 11) is 1.42. The van der Waals surface area contributed by atoms with E-state index in [1.165, 1.54) is 25.3 Å². The van der Waals surface area contributed by atoms with Gasteiger partial charge in [-0.25, -0.2) is 0 Å². The molecular weight excluding hydrogens is 484 g/mol. The Morgan fingerprint density at radius 2 is 1.59 bits per heavy atom. The molecule has 0 aromatic heterocycles. The normalized spacial score (nSPS) is 22.1. The molecule has 4 atom stereocenters. The second kappa shape index (κ2) is 9.72. The molecule has 37 heavy (non-hydrogen) atoms. The third-order valence-electron chi connectivity index (χ3n) is 6.30. The standard InChI is InChI=1S/C27H26O10/c1-3-34-15-10-17(30)23-21(11-15)37-27(25(32)24(23)31)14-5-7-18-20(9-14)36-26(22(12-28)35-18)13-4-6-16(29)19(8-13)33-2/h4-11,22,25-30,32H,3,12H2,1-2H3/t22?,25-,26?,27+/m0/s1. The zero-order chi connectivity index (χ0) is 26.3.